The normalized spacial score (nSPS) is 12.3. The first-order valence-corrected chi connectivity index (χ1v) is 8.17. The summed E-state index contributed by atoms with van der Waals surface area (Å²) < 4.78 is 11.3. The van der Waals surface area contributed by atoms with Gasteiger partial charge in [0, 0.05) is 39.6 Å². The molecule has 0 aliphatic rings. The highest BCUT2D eigenvalue weighted by Gasteiger charge is 2.01. The summed E-state index contributed by atoms with van der Waals surface area (Å²) in [5.74, 6) is 0. The summed E-state index contributed by atoms with van der Waals surface area (Å²) in [6.07, 6.45) is 4.63. The first-order chi connectivity index (χ1) is 8.69. The van der Waals surface area contributed by atoms with Crippen molar-refractivity contribution in [3.05, 3.63) is 40.9 Å². The van der Waals surface area contributed by atoms with Crippen LogP contribution in [-0.4, -0.2) is 15.4 Å². The van der Waals surface area contributed by atoms with Gasteiger partial charge in [-0.3, -0.25) is 4.21 Å². The lowest BCUT2D eigenvalue weighted by molar-refractivity contribution is 0.687. The topological polar surface area (TPSA) is 42.0 Å². The van der Waals surface area contributed by atoms with Crippen LogP contribution in [0.5, 0.6) is 0 Å². The predicted molar refractivity (Wildman–Crippen MR) is 77.6 cm³/mol. The van der Waals surface area contributed by atoms with Crippen LogP contribution in [0.4, 0.5) is 5.13 Å². The Labute approximate surface area is 114 Å². The van der Waals surface area contributed by atoms with E-state index in [1.54, 1.807) is 17.6 Å². The smallest absolute Gasteiger partial charge is 0.183 e. The molecule has 0 aliphatic heterocycles. The summed E-state index contributed by atoms with van der Waals surface area (Å²) in [6.45, 7) is 2.87. The molecule has 0 saturated carbocycles. The molecule has 0 radical (unpaired) electrons. The lowest BCUT2D eigenvalue weighted by Gasteiger charge is -2.03. The molecule has 1 N–H and O–H groups in total. The van der Waals surface area contributed by atoms with Gasteiger partial charge in [-0.25, -0.2) is 4.98 Å². The van der Waals surface area contributed by atoms with Gasteiger partial charge in [-0.2, -0.15) is 0 Å². The van der Waals surface area contributed by atoms with Crippen molar-refractivity contribution < 1.29 is 4.21 Å². The van der Waals surface area contributed by atoms with E-state index in [1.165, 1.54) is 4.88 Å². The molecule has 18 heavy (non-hydrogen) atoms. The minimum atomic E-state index is -0.906. The second-order valence-electron chi connectivity index (χ2n) is 3.94. The van der Waals surface area contributed by atoms with Gasteiger partial charge in [0.2, 0.25) is 0 Å². The molecule has 0 saturated heterocycles. The zero-order chi connectivity index (χ0) is 13.0. The van der Waals surface area contributed by atoms with Crippen molar-refractivity contribution in [3.63, 3.8) is 0 Å². The first-order valence-electron chi connectivity index (χ1n) is 5.80. The largest absolute Gasteiger partial charge is 0.357 e. The maximum Gasteiger partial charge on any atom is 0.183 e. The fraction of sp³-hybridized carbons (Fsp3) is 0.308. The standard InChI is InChI=1S/C13H16N2OS2/c1-3-11-9-15-13(17-11)14-8-10-4-6-12(7-5-10)18(2)16/h4-7,9H,3,8H2,1-2H3,(H,14,15)/t18-/m0/s1. The number of thiazole rings is 1. The van der Waals surface area contributed by atoms with Crippen LogP contribution in [-0.2, 0) is 23.8 Å². The Kier molecular flexibility index (Phi) is 4.49. The average molecular weight is 280 g/mol. The van der Waals surface area contributed by atoms with Crippen LogP contribution in [0.15, 0.2) is 35.4 Å². The number of anilines is 1. The minimum Gasteiger partial charge on any atom is -0.357 e. The fourth-order valence-electron chi connectivity index (χ4n) is 1.53. The highest BCUT2D eigenvalue weighted by atomic mass is 32.2. The van der Waals surface area contributed by atoms with Crippen LogP contribution in [0.25, 0.3) is 0 Å². The van der Waals surface area contributed by atoms with Gasteiger partial charge in [0.15, 0.2) is 5.13 Å². The third-order valence-corrected chi connectivity index (χ3v) is 4.64. The summed E-state index contributed by atoms with van der Waals surface area (Å²) in [4.78, 5) is 6.46. The van der Waals surface area contributed by atoms with Gasteiger partial charge in [-0.05, 0) is 24.1 Å². The zero-order valence-corrected chi connectivity index (χ0v) is 12.1. The molecule has 2 aromatic rings. The second kappa shape index (κ2) is 6.11. The summed E-state index contributed by atoms with van der Waals surface area (Å²) >= 11 is 1.69. The Bertz CT molecular complexity index is 534. The van der Waals surface area contributed by atoms with Crippen LogP contribution in [0.3, 0.4) is 0 Å². The molecule has 1 aromatic heterocycles. The van der Waals surface area contributed by atoms with Gasteiger partial charge in [-0.1, -0.05) is 19.1 Å². The number of nitrogens with zero attached hydrogens (tertiary/aromatic N) is 1. The molecule has 0 aliphatic carbocycles. The van der Waals surface area contributed by atoms with E-state index in [1.807, 2.05) is 30.5 Å². The van der Waals surface area contributed by atoms with Crippen LogP contribution in [0.1, 0.15) is 17.4 Å². The molecule has 96 valence electrons. The average Bonchev–Trinajstić information content (AvgIpc) is 2.85. The van der Waals surface area contributed by atoms with Crippen LogP contribution in [0, 0.1) is 0 Å². The van der Waals surface area contributed by atoms with Crippen molar-refractivity contribution in [1.29, 1.82) is 0 Å². The molecule has 3 nitrogen and oxygen atoms in total. The Morgan fingerprint density at radius 3 is 2.61 bits per heavy atom. The summed E-state index contributed by atoms with van der Waals surface area (Å²) in [5, 5.41) is 4.25. The Hall–Kier alpha value is -1.20. The molecule has 5 heteroatoms. The maximum atomic E-state index is 11.3. The molecule has 1 heterocycles. The molecule has 1 aromatic carbocycles. The van der Waals surface area contributed by atoms with Crippen molar-refractivity contribution in [3.8, 4) is 0 Å². The van der Waals surface area contributed by atoms with Crippen LogP contribution < -0.4 is 5.32 Å². The van der Waals surface area contributed by atoms with Crippen molar-refractivity contribution in [2.24, 2.45) is 0 Å². The molecule has 0 unspecified atom stereocenters. The highest BCUT2D eigenvalue weighted by Crippen LogP contribution is 2.19. The lowest BCUT2D eigenvalue weighted by Crippen LogP contribution is -1.99. The van der Waals surface area contributed by atoms with E-state index in [-0.39, 0.29) is 0 Å². The van der Waals surface area contributed by atoms with E-state index in [0.29, 0.717) is 0 Å². The number of hydrogen-bond donors (Lipinski definition) is 1. The zero-order valence-electron chi connectivity index (χ0n) is 10.5. The summed E-state index contributed by atoms with van der Waals surface area (Å²) in [6, 6.07) is 7.81. The Morgan fingerprint density at radius 2 is 2.06 bits per heavy atom. The lowest BCUT2D eigenvalue weighted by atomic mass is 10.2. The van der Waals surface area contributed by atoms with Crippen LogP contribution >= 0.6 is 11.3 Å². The van der Waals surface area contributed by atoms with E-state index in [9.17, 15) is 4.21 Å². The number of benzene rings is 1. The number of aromatic nitrogens is 1. The van der Waals surface area contributed by atoms with E-state index in [4.69, 9.17) is 0 Å². The summed E-state index contributed by atoms with van der Waals surface area (Å²) in [5.41, 5.74) is 1.16. The van der Waals surface area contributed by atoms with Gasteiger partial charge in [0.25, 0.3) is 0 Å². The number of hydrogen-bond acceptors (Lipinski definition) is 4. The van der Waals surface area contributed by atoms with Gasteiger partial charge in [-0.15, -0.1) is 11.3 Å². The van der Waals surface area contributed by atoms with Crippen LogP contribution in [0.2, 0.25) is 0 Å². The third-order valence-electron chi connectivity index (χ3n) is 2.60. The first kappa shape index (κ1) is 13.2. The maximum absolute atomic E-state index is 11.3. The molecule has 0 spiro atoms. The number of nitrogens with one attached hydrogen (secondary N) is 1. The molecule has 0 amide bonds. The van der Waals surface area contributed by atoms with Crippen molar-refractivity contribution >= 4 is 27.3 Å². The van der Waals surface area contributed by atoms with E-state index < -0.39 is 10.8 Å². The Balaban J connectivity index is 1.95. The molecule has 1 atom stereocenters. The minimum absolute atomic E-state index is 0.743. The molecular weight excluding hydrogens is 264 g/mol. The number of aryl methyl sites for hydroxylation is 1. The van der Waals surface area contributed by atoms with Gasteiger partial charge in [0.05, 0.1) is 0 Å². The molecule has 2 rings (SSSR count). The van der Waals surface area contributed by atoms with E-state index in [2.05, 4.69) is 17.2 Å². The molecule has 0 fully saturated rings. The van der Waals surface area contributed by atoms with Gasteiger partial charge in [0.1, 0.15) is 0 Å². The predicted octanol–water partition coefficient (Wildman–Crippen LogP) is 3.06. The quantitative estimate of drug-likeness (QED) is 0.915. The fourth-order valence-corrected chi connectivity index (χ4v) is 2.80. The van der Waals surface area contributed by atoms with Crippen molar-refractivity contribution in [2.75, 3.05) is 11.6 Å². The molecular formula is C13H16N2OS2. The highest BCUT2D eigenvalue weighted by molar-refractivity contribution is 7.84. The van der Waals surface area contributed by atoms with Crippen molar-refractivity contribution in [2.45, 2.75) is 24.8 Å². The van der Waals surface area contributed by atoms with Gasteiger partial charge >= 0.3 is 0 Å². The summed E-state index contributed by atoms with van der Waals surface area (Å²) in [7, 11) is -0.906. The van der Waals surface area contributed by atoms with E-state index >= 15 is 0 Å². The monoisotopic (exact) mass is 280 g/mol. The molecule has 0 bridgehead atoms. The third kappa shape index (κ3) is 3.40. The Morgan fingerprint density at radius 1 is 1.33 bits per heavy atom. The number of rotatable bonds is 5. The van der Waals surface area contributed by atoms with Gasteiger partial charge < -0.3 is 5.32 Å². The SMILES string of the molecule is CCc1cnc(NCc2ccc([S@](C)=O)cc2)s1. The van der Waals surface area contributed by atoms with Crippen molar-refractivity contribution in [1.82, 2.24) is 4.98 Å². The van der Waals surface area contributed by atoms with E-state index in [0.717, 1.165) is 28.6 Å². The second-order valence-corrected chi connectivity index (χ2v) is 6.43.